The van der Waals surface area contributed by atoms with E-state index in [2.05, 4.69) is 25.6 Å². The normalized spacial score (nSPS) is 23.9. The summed E-state index contributed by atoms with van der Waals surface area (Å²) in [5.41, 5.74) is 0. The van der Waals surface area contributed by atoms with Crippen molar-refractivity contribution >= 4 is 26.0 Å². The molecule has 2 atom stereocenters. The molecule has 0 spiro atoms. The fraction of sp³-hybridized carbons (Fsp3) is 0.750. The Balaban J connectivity index is 1.97. The summed E-state index contributed by atoms with van der Waals surface area (Å²) in [7, 11) is -3.47. The first-order valence-corrected chi connectivity index (χ1v) is 9.24. The van der Waals surface area contributed by atoms with E-state index in [-0.39, 0.29) is 5.03 Å². The van der Waals surface area contributed by atoms with Crippen molar-refractivity contribution in [2.75, 3.05) is 11.9 Å². The van der Waals surface area contributed by atoms with Gasteiger partial charge in [0.15, 0.2) is 5.03 Å². The number of aromatic nitrogens is 2. The van der Waals surface area contributed by atoms with Crippen LogP contribution in [0.3, 0.4) is 0 Å². The van der Waals surface area contributed by atoms with Crippen LogP contribution in [-0.4, -0.2) is 29.8 Å². The van der Waals surface area contributed by atoms with E-state index < -0.39 is 10.0 Å². The Morgan fingerprint density at radius 2 is 2.21 bits per heavy atom. The monoisotopic (exact) mass is 349 g/mol. The second-order valence-corrected chi connectivity index (χ2v) is 7.36. The maximum atomic E-state index is 12.1. The summed E-state index contributed by atoms with van der Waals surface area (Å²) in [6, 6.07) is 0. The van der Waals surface area contributed by atoms with Crippen LogP contribution in [0.5, 0.6) is 0 Å². The maximum absolute atomic E-state index is 12.1. The molecule has 0 aliphatic heterocycles. The van der Waals surface area contributed by atoms with Crippen LogP contribution in [0.1, 0.15) is 26.2 Å². The highest BCUT2D eigenvalue weighted by Crippen LogP contribution is 2.32. The molecule has 5 nitrogen and oxygen atoms in total. The van der Waals surface area contributed by atoms with Gasteiger partial charge in [0.2, 0.25) is 0 Å². The highest BCUT2D eigenvalue weighted by Gasteiger charge is 2.28. The zero-order chi connectivity index (χ0) is 13.9. The minimum Gasteiger partial charge on any atom is -0.336 e. The summed E-state index contributed by atoms with van der Waals surface area (Å²) in [5.74, 6) is 1.01. The maximum Gasteiger partial charge on any atom is 0.259 e. The second-order valence-electron chi connectivity index (χ2n) is 5.00. The molecule has 1 N–H and O–H groups in total. The first-order chi connectivity index (χ1) is 9.06. The van der Waals surface area contributed by atoms with E-state index in [1.54, 1.807) is 17.1 Å². The standard InChI is InChI=1S/C12H20BrN3O2S/c1-2-16-8-12(14-9-16)19(17,18)15-7-11-5-3-4-10(11)6-13/h8-11,15H,2-7H2,1H3. The van der Waals surface area contributed by atoms with Gasteiger partial charge in [0, 0.05) is 24.6 Å². The number of nitrogens with zero attached hydrogens (tertiary/aromatic N) is 2. The van der Waals surface area contributed by atoms with E-state index in [1.165, 1.54) is 12.8 Å². The van der Waals surface area contributed by atoms with Crippen LogP contribution in [0.15, 0.2) is 17.6 Å². The van der Waals surface area contributed by atoms with Gasteiger partial charge in [-0.2, -0.15) is 0 Å². The molecule has 1 heterocycles. The lowest BCUT2D eigenvalue weighted by atomic mass is 9.99. The number of rotatable bonds is 6. The number of hydrogen-bond donors (Lipinski definition) is 1. The van der Waals surface area contributed by atoms with Crippen molar-refractivity contribution in [3.8, 4) is 0 Å². The molecule has 0 amide bonds. The van der Waals surface area contributed by atoms with Crippen LogP contribution in [0.25, 0.3) is 0 Å². The lowest BCUT2D eigenvalue weighted by Gasteiger charge is -2.17. The van der Waals surface area contributed by atoms with Crippen LogP contribution >= 0.6 is 15.9 Å². The van der Waals surface area contributed by atoms with Crippen molar-refractivity contribution in [2.45, 2.75) is 37.8 Å². The molecule has 1 aliphatic carbocycles. The molecular weight excluding hydrogens is 330 g/mol. The predicted molar refractivity (Wildman–Crippen MR) is 77.7 cm³/mol. The topological polar surface area (TPSA) is 64.0 Å². The Morgan fingerprint density at radius 1 is 1.47 bits per heavy atom. The summed E-state index contributed by atoms with van der Waals surface area (Å²) < 4.78 is 28.7. The minimum atomic E-state index is -3.47. The molecule has 0 radical (unpaired) electrons. The third kappa shape index (κ3) is 3.58. The Morgan fingerprint density at radius 3 is 2.84 bits per heavy atom. The van der Waals surface area contributed by atoms with E-state index in [1.807, 2.05) is 6.92 Å². The molecule has 7 heteroatoms. The van der Waals surface area contributed by atoms with E-state index in [9.17, 15) is 8.42 Å². The quantitative estimate of drug-likeness (QED) is 0.798. The molecule has 0 bridgehead atoms. The number of halogens is 1. The highest BCUT2D eigenvalue weighted by atomic mass is 79.9. The third-order valence-electron chi connectivity index (χ3n) is 3.80. The molecule has 1 saturated carbocycles. The Bertz CT molecular complexity index is 515. The summed E-state index contributed by atoms with van der Waals surface area (Å²) >= 11 is 3.50. The lowest BCUT2D eigenvalue weighted by Crippen LogP contribution is -2.31. The van der Waals surface area contributed by atoms with Crippen molar-refractivity contribution < 1.29 is 8.42 Å². The van der Waals surface area contributed by atoms with Crippen LogP contribution in [0.4, 0.5) is 0 Å². The van der Waals surface area contributed by atoms with Crippen molar-refractivity contribution in [3.63, 3.8) is 0 Å². The summed E-state index contributed by atoms with van der Waals surface area (Å²) in [4.78, 5) is 3.95. The number of nitrogens with one attached hydrogen (secondary N) is 1. The van der Waals surface area contributed by atoms with Gasteiger partial charge >= 0.3 is 0 Å². The van der Waals surface area contributed by atoms with Crippen molar-refractivity contribution in [1.82, 2.24) is 14.3 Å². The number of sulfonamides is 1. The number of aryl methyl sites for hydroxylation is 1. The predicted octanol–water partition coefficient (Wildman–Crippen LogP) is 1.99. The molecule has 1 aliphatic rings. The Kier molecular flexibility index (Phi) is 5.03. The SMILES string of the molecule is CCn1cnc(S(=O)(=O)NCC2CCCC2CBr)c1. The van der Waals surface area contributed by atoms with Gasteiger partial charge in [-0.05, 0) is 31.6 Å². The summed E-state index contributed by atoms with van der Waals surface area (Å²) in [6.45, 7) is 3.18. The van der Waals surface area contributed by atoms with Gasteiger partial charge in [0.25, 0.3) is 10.0 Å². The molecular formula is C12H20BrN3O2S. The molecule has 2 rings (SSSR count). The smallest absolute Gasteiger partial charge is 0.259 e. The zero-order valence-electron chi connectivity index (χ0n) is 11.0. The largest absolute Gasteiger partial charge is 0.336 e. The van der Waals surface area contributed by atoms with Gasteiger partial charge in [-0.1, -0.05) is 22.4 Å². The fourth-order valence-corrected chi connectivity index (χ4v) is 4.42. The van der Waals surface area contributed by atoms with Gasteiger partial charge < -0.3 is 4.57 Å². The van der Waals surface area contributed by atoms with Gasteiger partial charge in [0.1, 0.15) is 0 Å². The van der Waals surface area contributed by atoms with E-state index >= 15 is 0 Å². The fourth-order valence-electron chi connectivity index (χ4n) is 2.53. The van der Waals surface area contributed by atoms with Crippen molar-refractivity contribution in [1.29, 1.82) is 0 Å². The van der Waals surface area contributed by atoms with Crippen LogP contribution in [-0.2, 0) is 16.6 Å². The average molecular weight is 350 g/mol. The first kappa shape index (κ1) is 15.0. The van der Waals surface area contributed by atoms with Crippen LogP contribution in [0, 0.1) is 11.8 Å². The third-order valence-corrected chi connectivity index (χ3v) is 5.94. The molecule has 1 fully saturated rings. The Hall–Kier alpha value is -0.400. The van der Waals surface area contributed by atoms with Gasteiger partial charge in [-0.3, -0.25) is 0 Å². The van der Waals surface area contributed by atoms with E-state index in [4.69, 9.17) is 0 Å². The second kappa shape index (κ2) is 6.37. The average Bonchev–Trinajstić information content (AvgIpc) is 3.05. The molecule has 2 unspecified atom stereocenters. The molecule has 1 aromatic heterocycles. The zero-order valence-corrected chi connectivity index (χ0v) is 13.5. The van der Waals surface area contributed by atoms with Crippen molar-refractivity contribution in [3.05, 3.63) is 12.5 Å². The van der Waals surface area contributed by atoms with Gasteiger partial charge in [-0.15, -0.1) is 0 Å². The molecule has 1 aromatic rings. The Labute approximate surface area is 123 Å². The van der Waals surface area contributed by atoms with Crippen LogP contribution in [0.2, 0.25) is 0 Å². The van der Waals surface area contributed by atoms with Crippen molar-refractivity contribution in [2.24, 2.45) is 11.8 Å². The summed E-state index contributed by atoms with van der Waals surface area (Å²) in [6.07, 6.45) is 6.59. The number of hydrogen-bond acceptors (Lipinski definition) is 3. The lowest BCUT2D eigenvalue weighted by molar-refractivity contribution is 0.422. The van der Waals surface area contributed by atoms with Gasteiger partial charge in [0.05, 0.1) is 6.33 Å². The number of imidazole rings is 1. The summed E-state index contributed by atoms with van der Waals surface area (Å²) in [5, 5.41) is 1.06. The van der Waals surface area contributed by atoms with Gasteiger partial charge in [-0.25, -0.2) is 18.1 Å². The molecule has 0 saturated heterocycles. The molecule has 0 aromatic carbocycles. The highest BCUT2D eigenvalue weighted by molar-refractivity contribution is 9.09. The number of alkyl halides is 1. The van der Waals surface area contributed by atoms with E-state index in [0.717, 1.165) is 18.3 Å². The molecule has 19 heavy (non-hydrogen) atoms. The minimum absolute atomic E-state index is 0.114. The first-order valence-electron chi connectivity index (χ1n) is 6.64. The van der Waals surface area contributed by atoms with E-state index in [0.29, 0.717) is 18.4 Å². The van der Waals surface area contributed by atoms with Crippen LogP contribution < -0.4 is 4.72 Å². The molecule has 108 valence electrons.